The maximum absolute atomic E-state index is 5.25. The summed E-state index contributed by atoms with van der Waals surface area (Å²) in [5, 5.41) is 0. The lowest BCUT2D eigenvalue weighted by atomic mass is 10.1. The molecule has 0 aromatic carbocycles. The summed E-state index contributed by atoms with van der Waals surface area (Å²) in [7, 11) is 0. The van der Waals surface area contributed by atoms with Crippen molar-refractivity contribution >= 4 is 12.0 Å². The van der Waals surface area contributed by atoms with E-state index in [9.17, 15) is 0 Å². The van der Waals surface area contributed by atoms with Crippen LogP contribution in [0.3, 0.4) is 0 Å². The predicted molar refractivity (Wildman–Crippen MR) is 98.8 cm³/mol. The van der Waals surface area contributed by atoms with Crippen molar-refractivity contribution in [3.63, 3.8) is 0 Å². The molecule has 0 N–H and O–H groups in total. The van der Waals surface area contributed by atoms with Crippen molar-refractivity contribution in [2.24, 2.45) is 0 Å². The first-order chi connectivity index (χ1) is 10.4. The molecule has 0 aromatic heterocycles. The van der Waals surface area contributed by atoms with Crippen LogP contribution < -0.4 is 0 Å². The van der Waals surface area contributed by atoms with Crippen molar-refractivity contribution in [1.82, 2.24) is 0 Å². The minimum atomic E-state index is 0.913. The van der Waals surface area contributed by atoms with E-state index < -0.39 is 0 Å². The third-order valence-electron chi connectivity index (χ3n) is 3.55. The van der Waals surface area contributed by atoms with Gasteiger partial charge in [0, 0.05) is 6.26 Å². The fraction of sp³-hybridized carbons (Fsp3) is 0.789. The average molecular weight is 313 g/mol. The zero-order chi connectivity index (χ0) is 15.4. The molecule has 0 heterocycles. The van der Waals surface area contributed by atoms with Crippen LogP contribution in [0.2, 0.25) is 0 Å². The quantitative estimate of drug-likeness (QED) is 0.171. The Hall–Kier alpha value is -0.210. The molecule has 0 saturated heterocycles. The highest BCUT2D eigenvalue weighted by atomic mass is 32.2. The molecule has 0 fully saturated rings. The van der Waals surface area contributed by atoms with Crippen molar-refractivity contribution in [1.29, 1.82) is 0 Å². The Kier molecular flexibility index (Phi) is 19.6. The zero-order valence-corrected chi connectivity index (χ0v) is 15.1. The molecule has 0 amide bonds. The monoisotopic (exact) mass is 312 g/mol. The van der Waals surface area contributed by atoms with Gasteiger partial charge in [0.05, 0.1) is 6.61 Å². The lowest BCUT2D eigenvalue weighted by Crippen LogP contribution is -1.86. The third-order valence-corrected chi connectivity index (χ3v) is 3.95. The highest BCUT2D eigenvalue weighted by Crippen LogP contribution is 2.09. The topological polar surface area (TPSA) is 9.23 Å². The maximum atomic E-state index is 5.25. The molecule has 0 aliphatic heterocycles. The van der Waals surface area contributed by atoms with Crippen LogP contribution in [-0.4, -0.2) is 12.9 Å². The summed E-state index contributed by atoms with van der Waals surface area (Å²) in [4.78, 5) is 0. The van der Waals surface area contributed by atoms with Gasteiger partial charge in [0.1, 0.15) is 0 Å². The van der Waals surface area contributed by atoms with E-state index in [1.54, 1.807) is 0 Å². The van der Waals surface area contributed by atoms with Gasteiger partial charge in [-0.2, -0.15) is 0 Å². The minimum absolute atomic E-state index is 0.913. The molecule has 0 radical (unpaired) electrons. The summed E-state index contributed by atoms with van der Waals surface area (Å²) in [5.74, 6) is 0. The molecule has 2 heteroatoms. The second-order valence-electron chi connectivity index (χ2n) is 5.57. The van der Waals surface area contributed by atoms with Gasteiger partial charge >= 0.3 is 0 Å². The Morgan fingerprint density at radius 3 is 1.90 bits per heavy atom. The normalized spacial score (nSPS) is 11.9. The standard InChI is InChI=1S/C19H36OS/c1-3-4-5-6-7-8-9-10-11-12-13-14-15-16-17-18-19-20-21-2/h7-8,10-11H,3-6,9,12-19H2,1-2H3/b8-7-,11-10-. The number of rotatable bonds is 16. The first-order valence-electron chi connectivity index (χ1n) is 8.87. The Balaban J connectivity index is 3.11. The van der Waals surface area contributed by atoms with Crippen LogP contribution in [0.25, 0.3) is 0 Å². The highest BCUT2D eigenvalue weighted by molar-refractivity contribution is 7.93. The largest absolute Gasteiger partial charge is 0.316 e. The average Bonchev–Trinajstić information content (AvgIpc) is 2.50. The molecule has 0 rings (SSSR count). The van der Waals surface area contributed by atoms with Crippen molar-refractivity contribution in [3.05, 3.63) is 24.3 Å². The fourth-order valence-corrected chi connectivity index (χ4v) is 2.52. The molecule has 0 aliphatic rings. The van der Waals surface area contributed by atoms with Gasteiger partial charge in [0.25, 0.3) is 0 Å². The smallest absolute Gasteiger partial charge is 0.0613 e. The lowest BCUT2D eigenvalue weighted by Gasteiger charge is -2.00. The zero-order valence-electron chi connectivity index (χ0n) is 14.3. The van der Waals surface area contributed by atoms with Gasteiger partial charge in [0.2, 0.25) is 0 Å². The summed E-state index contributed by atoms with van der Waals surface area (Å²) in [6.45, 7) is 3.17. The van der Waals surface area contributed by atoms with Gasteiger partial charge in [-0.1, -0.05) is 69.8 Å². The second-order valence-corrected chi connectivity index (χ2v) is 6.14. The highest BCUT2D eigenvalue weighted by Gasteiger charge is 1.91. The van der Waals surface area contributed by atoms with E-state index in [0.717, 1.165) is 13.0 Å². The Morgan fingerprint density at radius 1 is 0.714 bits per heavy atom. The van der Waals surface area contributed by atoms with E-state index >= 15 is 0 Å². The molecule has 0 spiro atoms. The summed E-state index contributed by atoms with van der Waals surface area (Å²) in [6.07, 6.45) is 26.9. The van der Waals surface area contributed by atoms with Crippen LogP contribution in [0.5, 0.6) is 0 Å². The predicted octanol–water partition coefficient (Wildman–Crippen LogP) is 7.09. The molecule has 0 aliphatic carbocycles. The maximum Gasteiger partial charge on any atom is 0.0613 e. The fourth-order valence-electron chi connectivity index (χ4n) is 2.23. The Bertz CT molecular complexity index is 236. The van der Waals surface area contributed by atoms with Crippen molar-refractivity contribution in [2.75, 3.05) is 12.9 Å². The molecular weight excluding hydrogens is 276 g/mol. The molecule has 124 valence electrons. The molecule has 0 bridgehead atoms. The van der Waals surface area contributed by atoms with Gasteiger partial charge < -0.3 is 4.18 Å². The van der Waals surface area contributed by atoms with Crippen LogP contribution in [-0.2, 0) is 4.18 Å². The van der Waals surface area contributed by atoms with E-state index in [1.807, 2.05) is 6.26 Å². The molecule has 1 nitrogen and oxygen atoms in total. The van der Waals surface area contributed by atoms with Gasteiger partial charge in [-0.15, -0.1) is 0 Å². The van der Waals surface area contributed by atoms with E-state index in [1.165, 1.54) is 82.7 Å². The Labute approximate surface area is 137 Å². The first-order valence-corrected chi connectivity index (χ1v) is 10.0. The van der Waals surface area contributed by atoms with Crippen LogP contribution >= 0.6 is 12.0 Å². The van der Waals surface area contributed by atoms with Gasteiger partial charge in [0.15, 0.2) is 0 Å². The Morgan fingerprint density at radius 2 is 1.29 bits per heavy atom. The van der Waals surface area contributed by atoms with Crippen LogP contribution in [0.1, 0.15) is 84.0 Å². The van der Waals surface area contributed by atoms with E-state index in [2.05, 4.69) is 31.2 Å². The summed E-state index contributed by atoms with van der Waals surface area (Å²) >= 11 is 1.48. The van der Waals surface area contributed by atoms with E-state index in [0.29, 0.717) is 0 Å². The minimum Gasteiger partial charge on any atom is -0.316 e. The first kappa shape index (κ1) is 20.8. The third kappa shape index (κ3) is 19.8. The van der Waals surface area contributed by atoms with Crippen LogP contribution in [0, 0.1) is 0 Å². The summed E-state index contributed by atoms with van der Waals surface area (Å²) < 4.78 is 5.25. The van der Waals surface area contributed by atoms with Crippen molar-refractivity contribution in [3.8, 4) is 0 Å². The number of hydrogen-bond donors (Lipinski definition) is 0. The van der Waals surface area contributed by atoms with Crippen LogP contribution in [0.4, 0.5) is 0 Å². The van der Waals surface area contributed by atoms with Gasteiger partial charge in [-0.25, -0.2) is 0 Å². The number of unbranched alkanes of at least 4 members (excludes halogenated alkanes) is 9. The van der Waals surface area contributed by atoms with Gasteiger partial charge in [-0.05, 0) is 50.6 Å². The molecule has 21 heavy (non-hydrogen) atoms. The molecular formula is C19H36OS. The molecule has 0 unspecified atom stereocenters. The van der Waals surface area contributed by atoms with E-state index in [4.69, 9.17) is 4.18 Å². The number of allylic oxidation sites excluding steroid dienone is 4. The molecule has 0 atom stereocenters. The SMILES string of the molecule is CCCCC/C=C\C/C=C\CCCCCCCCOSC. The second kappa shape index (κ2) is 19.8. The lowest BCUT2D eigenvalue weighted by molar-refractivity contribution is 0.356. The molecule has 0 aromatic rings. The summed E-state index contributed by atoms with van der Waals surface area (Å²) in [5.41, 5.74) is 0. The van der Waals surface area contributed by atoms with Gasteiger partial charge in [-0.3, -0.25) is 0 Å². The molecule has 0 saturated carbocycles. The van der Waals surface area contributed by atoms with Crippen LogP contribution in [0.15, 0.2) is 24.3 Å². The summed E-state index contributed by atoms with van der Waals surface area (Å²) in [6, 6.07) is 0. The van der Waals surface area contributed by atoms with E-state index in [-0.39, 0.29) is 0 Å². The van der Waals surface area contributed by atoms with Crippen molar-refractivity contribution in [2.45, 2.75) is 84.0 Å². The van der Waals surface area contributed by atoms with Crippen molar-refractivity contribution < 1.29 is 4.18 Å². The number of hydrogen-bond acceptors (Lipinski definition) is 2.